The second-order valence-corrected chi connectivity index (χ2v) is 9.01. The van der Waals surface area contributed by atoms with Gasteiger partial charge in [0.25, 0.3) is 5.91 Å². The normalized spacial score (nSPS) is 32.1. The molecule has 4 heterocycles. The number of aromatic nitrogens is 1. The predicted molar refractivity (Wildman–Crippen MR) is 110 cm³/mol. The lowest BCUT2D eigenvalue weighted by atomic mass is 9.78. The van der Waals surface area contributed by atoms with Crippen LogP contribution in [0.3, 0.4) is 0 Å². The van der Waals surface area contributed by atoms with Crippen molar-refractivity contribution in [3.8, 4) is 0 Å². The minimum atomic E-state index is -0.501. The van der Waals surface area contributed by atoms with Gasteiger partial charge >= 0.3 is 0 Å². The maximum atomic E-state index is 13.5. The molecule has 1 aliphatic carbocycles. The number of amides is 1. The van der Waals surface area contributed by atoms with E-state index in [4.69, 9.17) is 21.1 Å². The van der Waals surface area contributed by atoms with Crippen molar-refractivity contribution in [1.82, 2.24) is 14.8 Å². The highest BCUT2D eigenvalue weighted by molar-refractivity contribution is 6.21. The zero-order chi connectivity index (χ0) is 20.7. The van der Waals surface area contributed by atoms with E-state index in [0.717, 1.165) is 26.1 Å². The average molecular weight is 432 g/mol. The number of morpholine rings is 1. The smallest absolute Gasteiger partial charge is 0.290 e. The monoisotopic (exact) mass is 431 g/mol. The molecule has 3 aliphatic heterocycles. The summed E-state index contributed by atoms with van der Waals surface area (Å²) in [6.45, 7) is 4.34. The van der Waals surface area contributed by atoms with Crippen LogP contribution < -0.4 is 0 Å². The summed E-state index contributed by atoms with van der Waals surface area (Å²) in [5, 5.41) is -0.0243. The summed E-state index contributed by atoms with van der Waals surface area (Å²) in [6, 6.07) is 5.10. The van der Waals surface area contributed by atoms with Crippen LogP contribution in [0.15, 0.2) is 35.7 Å². The quantitative estimate of drug-likeness (QED) is 0.678. The number of hydrogen-bond donors (Lipinski definition) is 0. The third-order valence-electron chi connectivity index (χ3n) is 6.61. The van der Waals surface area contributed by atoms with Gasteiger partial charge in [-0.1, -0.05) is 6.07 Å². The molecular formula is C22H26ClN3O4. The van der Waals surface area contributed by atoms with Gasteiger partial charge in [-0.15, -0.1) is 11.6 Å². The van der Waals surface area contributed by atoms with Gasteiger partial charge in [0.1, 0.15) is 12.1 Å². The molecule has 5 rings (SSSR count). The van der Waals surface area contributed by atoms with Crippen LogP contribution in [0.1, 0.15) is 31.0 Å². The Morgan fingerprint density at radius 1 is 1.13 bits per heavy atom. The van der Waals surface area contributed by atoms with Crippen molar-refractivity contribution in [3.63, 3.8) is 0 Å². The van der Waals surface area contributed by atoms with Crippen LogP contribution in [-0.4, -0.2) is 77.3 Å². The van der Waals surface area contributed by atoms with E-state index in [9.17, 15) is 9.59 Å². The standard InChI is InChI=1S/C22H26ClN3O4/c23-14-4-5-17-15(13-14)20(27)18-19(16-3-1-2-6-24-16)26(22(28)21(18)30-17)8-7-25-9-11-29-12-10-25/h1-3,6,14-15,17,19H,4-5,7-13H2. The van der Waals surface area contributed by atoms with E-state index in [1.54, 1.807) is 11.1 Å². The summed E-state index contributed by atoms with van der Waals surface area (Å²) < 4.78 is 11.6. The largest absolute Gasteiger partial charge is 0.483 e. The number of pyridine rings is 1. The highest BCUT2D eigenvalue weighted by atomic mass is 35.5. The second-order valence-electron chi connectivity index (χ2n) is 8.39. The lowest BCUT2D eigenvalue weighted by Gasteiger charge is -2.37. The zero-order valence-corrected chi connectivity index (χ0v) is 17.6. The Kier molecular flexibility index (Phi) is 5.52. The first-order valence-corrected chi connectivity index (χ1v) is 11.2. The molecule has 160 valence electrons. The molecular weight excluding hydrogens is 406 g/mol. The van der Waals surface area contributed by atoms with E-state index in [2.05, 4.69) is 9.88 Å². The summed E-state index contributed by atoms with van der Waals surface area (Å²) in [5.74, 6) is -0.247. The molecule has 0 spiro atoms. The molecule has 4 unspecified atom stereocenters. The molecule has 1 saturated heterocycles. The molecule has 4 atom stereocenters. The van der Waals surface area contributed by atoms with Crippen molar-refractivity contribution in [1.29, 1.82) is 0 Å². The Hall–Kier alpha value is -1.96. The topological polar surface area (TPSA) is 72.0 Å². The van der Waals surface area contributed by atoms with Crippen LogP contribution in [-0.2, 0) is 19.1 Å². The minimum Gasteiger partial charge on any atom is -0.483 e. The molecule has 2 fully saturated rings. The lowest BCUT2D eigenvalue weighted by molar-refractivity contribution is -0.135. The number of carbonyl (C=O) groups is 2. The van der Waals surface area contributed by atoms with Crippen LogP contribution in [0.4, 0.5) is 0 Å². The highest BCUT2D eigenvalue weighted by Gasteiger charge is 2.53. The predicted octanol–water partition coefficient (Wildman–Crippen LogP) is 1.93. The van der Waals surface area contributed by atoms with Gasteiger partial charge in [-0.3, -0.25) is 19.5 Å². The van der Waals surface area contributed by atoms with Gasteiger partial charge < -0.3 is 14.4 Å². The van der Waals surface area contributed by atoms with Gasteiger partial charge in [0.05, 0.1) is 30.4 Å². The van der Waals surface area contributed by atoms with E-state index in [-0.39, 0.29) is 34.8 Å². The molecule has 1 aromatic heterocycles. The molecule has 7 nitrogen and oxygen atoms in total. The number of rotatable bonds is 4. The van der Waals surface area contributed by atoms with E-state index in [1.807, 2.05) is 18.2 Å². The summed E-state index contributed by atoms with van der Waals surface area (Å²) in [5.41, 5.74) is 1.17. The van der Waals surface area contributed by atoms with Crippen LogP contribution in [0.25, 0.3) is 0 Å². The first-order valence-electron chi connectivity index (χ1n) is 10.7. The van der Waals surface area contributed by atoms with E-state index >= 15 is 0 Å². The van der Waals surface area contributed by atoms with Crippen LogP contribution in [0.5, 0.6) is 0 Å². The van der Waals surface area contributed by atoms with Crippen molar-refractivity contribution < 1.29 is 19.1 Å². The maximum absolute atomic E-state index is 13.5. The summed E-state index contributed by atoms with van der Waals surface area (Å²) in [7, 11) is 0. The van der Waals surface area contributed by atoms with E-state index < -0.39 is 6.04 Å². The van der Waals surface area contributed by atoms with Gasteiger partial charge in [0, 0.05) is 37.8 Å². The van der Waals surface area contributed by atoms with Gasteiger partial charge in [-0.2, -0.15) is 0 Å². The number of alkyl halides is 1. The molecule has 1 saturated carbocycles. The van der Waals surface area contributed by atoms with Crippen molar-refractivity contribution >= 4 is 23.3 Å². The number of halogens is 1. The molecule has 0 aromatic carbocycles. The Labute approximate surface area is 181 Å². The fourth-order valence-corrected chi connectivity index (χ4v) is 5.33. The Balaban J connectivity index is 1.46. The van der Waals surface area contributed by atoms with Crippen molar-refractivity contribution in [2.75, 3.05) is 39.4 Å². The van der Waals surface area contributed by atoms with Gasteiger partial charge in [0.15, 0.2) is 11.5 Å². The number of carbonyl (C=O) groups excluding carboxylic acids is 2. The number of hydrogen-bond acceptors (Lipinski definition) is 6. The van der Waals surface area contributed by atoms with Crippen molar-refractivity contribution in [3.05, 3.63) is 41.4 Å². The SMILES string of the molecule is O=C1C2=C(OC3CCC(Cl)CC13)C(=O)N(CCN1CCOCC1)C2c1ccccn1. The molecule has 8 heteroatoms. The van der Waals surface area contributed by atoms with Gasteiger partial charge in [-0.05, 0) is 31.4 Å². The summed E-state index contributed by atoms with van der Waals surface area (Å²) in [6.07, 6.45) is 3.55. The first-order chi connectivity index (χ1) is 14.6. The number of ketones is 1. The van der Waals surface area contributed by atoms with Crippen molar-refractivity contribution in [2.45, 2.75) is 36.8 Å². The average Bonchev–Trinajstić information content (AvgIpc) is 3.06. The third kappa shape index (κ3) is 3.53. The molecule has 0 N–H and O–H groups in total. The second kappa shape index (κ2) is 8.29. The lowest BCUT2D eigenvalue weighted by Crippen LogP contribution is -2.43. The van der Waals surface area contributed by atoms with E-state index in [0.29, 0.717) is 43.9 Å². The number of ether oxygens (including phenoxy) is 2. The van der Waals surface area contributed by atoms with Crippen LogP contribution >= 0.6 is 11.6 Å². The third-order valence-corrected chi connectivity index (χ3v) is 7.00. The molecule has 0 bridgehead atoms. The van der Waals surface area contributed by atoms with Gasteiger partial charge in [-0.25, -0.2) is 0 Å². The maximum Gasteiger partial charge on any atom is 0.290 e. The molecule has 1 amide bonds. The highest BCUT2D eigenvalue weighted by Crippen LogP contribution is 2.46. The summed E-state index contributed by atoms with van der Waals surface area (Å²) in [4.78, 5) is 35.4. The van der Waals surface area contributed by atoms with E-state index in [1.165, 1.54) is 0 Å². The van der Waals surface area contributed by atoms with Crippen LogP contribution in [0, 0.1) is 5.92 Å². The molecule has 30 heavy (non-hydrogen) atoms. The van der Waals surface area contributed by atoms with Crippen molar-refractivity contribution in [2.24, 2.45) is 5.92 Å². The molecule has 0 radical (unpaired) electrons. The fraction of sp³-hybridized carbons (Fsp3) is 0.591. The minimum absolute atomic E-state index is 0.00414. The zero-order valence-electron chi connectivity index (χ0n) is 16.8. The Morgan fingerprint density at radius 3 is 2.73 bits per heavy atom. The van der Waals surface area contributed by atoms with Crippen LogP contribution in [0.2, 0.25) is 0 Å². The number of fused-ring (bicyclic) bond motifs is 1. The number of nitrogens with zero attached hydrogens (tertiary/aromatic N) is 3. The fourth-order valence-electron chi connectivity index (χ4n) is 5.01. The number of Topliss-reactive ketones (excluding diaryl/α,β-unsaturated/α-hetero) is 1. The summed E-state index contributed by atoms with van der Waals surface area (Å²) >= 11 is 6.36. The Morgan fingerprint density at radius 2 is 1.97 bits per heavy atom. The Bertz CT molecular complexity index is 855. The molecule has 4 aliphatic rings. The molecule has 1 aromatic rings. The first kappa shape index (κ1) is 20.0. The van der Waals surface area contributed by atoms with Gasteiger partial charge in [0.2, 0.25) is 0 Å².